The van der Waals surface area contributed by atoms with Crippen LogP contribution in [0, 0.1) is 11.8 Å². The largest absolute Gasteiger partial charge is 0.497 e. The molecule has 6 heteroatoms. The molecule has 2 fully saturated rings. The fourth-order valence-electron chi connectivity index (χ4n) is 5.30. The summed E-state index contributed by atoms with van der Waals surface area (Å²) >= 11 is 0. The van der Waals surface area contributed by atoms with Gasteiger partial charge in [0, 0.05) is 48.4 Å². The summed E-state index contributed by atoms with van der Waals surface area (Å²) in [5, 5.41) is 9.33. The van der Waals surface area contributed by atoms with Gasteiger partial charge in [0.15, 0.2) is 0 Å². The van der Waals surface area contributed by atoms with Gasteiger partial charge in [-0.2, -0.15) is 0 Å². The number of anilines is 1. The highest BCUT2D eigenvalue weighted by atomic mass is 16.5. The second kappa shape index (κ2) is 11.0. The van der Waals surface area contributed by atoms with Crippen LogP contribution >= 0.6 is 0 Å². The van der Waals surface area contributed by atoms with Crippen LogP contribution in [0.15, 0.2) is 67.0 Å². The van der Waals surface area contributed by atoms with Gasteiger partial charge in [0.05, 0.1) is 20.1 Å². The van der Waals surface area contributed by atoms with Crippen molar-refractivity contribution in [2.45, 2.75) is 38.0 Å². The number of aliphatic carboxylic acids is 1. The molecule has 0 amide bonds. The summed E-state index contributed by atoms with van der Waals surface area (Å²) in [7, 11) is 1.70. The molecule has 2 aromatic carbocycles. The first-order valence-electron chi connectivity index (χ1n) is 12.9. The van der Waals surface area contributed by atoms with Crippen molar-refractivity contribution in [1.82, 2.24) is 4.98 Å². The van der Waals surface area contributed by atoms with Crippen molar-refractivity contribution in [2.24, 2.45) is 11.8 Å². The lowest BCUT2D eigenvalue weighted by atomic mass is 9.91. The molecule has 0 bridgehead atoms. The number of methoxy groups -OCH3 is 1. The SMILES string of the molecule is COc1ccc(-c2cccnc2)c(N2CCC(COc3cccc([C@@H](CC(=O)O)C4CC4)c3)CC2)c1. The number of rotatable bonds is 10. The van der Waals surface area contributed by atoms with Gasteiger partial charge in [0.25, 0.3) is 0 Å². The first-order chi connectivity index (χ1) is 17.6. The Morgan fingerprint density at radius 2 is 1.89 bits per heavy atom. The minimum Gasteiger partial charge on any atom is -0.497 e. The molecule has 1 aliphatic carbocycles. The van der Waals surface area contributed by atoms with Crippen LogP contribution in [0.5, 0.6) is 11.5 Å². The van der Waals surface area contributed by atoms with E-state index in [0.29, 0.717) is 18.4 Å². The zero-order valence-corrected chi connectivity index (χ0v) is 20.8. The number of hydrogen-bond acceptors (Lipinski definition) is 5. The van der Waals surface area contributed by atoms with E-state index in [0.717, 1.165) is 61.4 Å². The molecule has 6 nitrogen and oxygen atoms in total. The number of benzene rings is 2. The van der Waals surface area contributed by atoms with E-state index in [1.165, 1.54) is 11.3 Å². The van der Waals surface area contributed by atoms with E-state index < -0.39 is 5.97 Å². The normalized spacial score (nSPS) is 17.0. The summed E-state index contributed by atoms with van der Waals surface area (Å²) in [6.07, 6.45) is 8.24. The molecular formula is C30H34N2O4. The highest BCUT2D eigenvalue weighted by Crippen LogP contribution is 2.45. The average Bonchev–Trinajstić information content (AvgIpc) is 3.76. The van der Waals surface area contributed by atoms with Crippen molar-refractivity contribution in [2.75, 3.05) is 31.7 Å². The molecule has 3 aromatic rings. The van der Waals surface area contributed by atoms with Crippen molar-refractivity contribution in [3.8, 4) is 22.6 Å². The van der Waals surface area contributed by atoms with E-state index in [2.05, 4.69) is 34.1 Å². The van der Waals surface area contributed by atoms with Gasteiger partial charge >= 0.3 is 5.97 Å². The lowest BCUT2D eigenvalue weighted by Gasteiger charge is -2.35. The number of pyridine rings is 1. The number of nitrogens with zero attached hydrogens (tertiary/aromatic N) is 2. The molecule has 1 N–H and O–H groups in total. The van der Waals surface area contributed by atoms with Gasteiger partial charge in [-0.1, -0.05) is 18.2 Å². The van der Waals surface area contributed by atoms with Gasteiger partial charge in [-0.3, -0.25) is 9.78 Å². The summed E-state index contributed by atoms with van der Waals surface area (Å²) in [6.45, 7) is 2.59. The standard InChI is InChI=1S/C30H34N2O4/c1-35-25-9-10-27(24-5-3-13-31-19-24)29(17-25)32-14-11-21(12-15-32)20-36-26-6-2-4-23(16-26)28(18-30(33)34)22-7-8-22/h2-6,9-10,13,16-17,19,21-22,28H,7-8,11-12,14-15,18,20H2,1H3,(H,33,34)/t28-/m0/s1. The van der Waals surface area contributed by atoms with Crippen LogP contribution in [-0.4, -0.2) is 42.9 Å². The van der Waals surface area contributed by atoms with Crippen molar-refractivity contribution in [1.29, 1.82) is 0 Å². The smallest absolute Gasteiger partial charge is 0.303 e. The second-order valence-electron chi connectivity index (χ2n) is 9.98. The second-order valence-corrected chi connectivity index (χ2v) is 9.98. The van der Waals surface area contributed by atoms with E-state index in [-0.39, 0.29) is 12.3 Å². The summed E-state index contributed by atoms with van der Waals surface area (Å²) in [6, 6.07) is 18.4. The maximum absolute atomic E-state index is 11.4. The van der Waals surface area contributed by atoms with E-state index in [1.807, 2.05) is 36.5 Å². The van der Waals surface area contributed by atoms with Gasteiger partial charge in [-0.05, 0) is 79.3 Å². The first-order valence-corrected chi connectivity index (χ1v) is 12.9. The zero-order chi connectivity index (χ0) is 24.9. The maximum Gasteiger partial charge on any atom is 0.303 e. The Labute approximate surface area is 212 Å². The number of ether oxygens (including phenoxy) is 2. The van der Waals surface area contributed by atoms with Crippen LogP contribution in [0.25, 0.3) is 11.1 Å². The van der Waals surface area contributed by atoms with Crippen LogP contribution in [0.3, 0.4) is 0 Å². The zero-order valence-electron chi connectivity index (χ0n) is 20.8. The molecule has 5 rings (SSSR count). The minimum absolute atomic E-state index is 0.0890. The fraction of sp³-hybridized carbons (Fsp3) is 0.400. The molecule has 0 spiro atoms. The molecule has 2 aliphatic rings. The predicted octanol–water partition coefficient (Wildman–Crippen LogP) is 6.02. The van der Waals surface area contributed by atoms with Crippen molar-refractivity contribution in [3.05, 3.63) is 72.6 Å². The minimum atomic E-state index is -0.729. The molecule has 188 valence electrons. The number of hydrogen-bond donors (Lipinski definition) is 1. The first kappa shape index (κ1) is 24.2. The Morgan fingerprint density at radius 3 is 2.58 bits per heavy atom. The van der Waals surface area contributed by atoms with Crippen molar-refractivity contribution >= 4 is 11.7 Å². The van der Waals surface area contributed by atoms with Gasteiger partial charge in [-0.15, -0.1) is 0 Å². The summed E-state index contributed by atoms with van der Waals surface area (Å²) in [5.74, 6) is 2.04. The molecular weight excluding hydrogens is 452 g/mol. The number of carboxylic acids is 1. The number of piperidine rings is 1. The van der Waals surface area contributed by atoms with E-state index in [1.54, 1.807) is 13.3 Å². The molecule has 36 heavy (non-hydrogen) atoms. The quantitative estimate of drug-likeness (QED) is 0.378. The Kier molecular flexibility index (Phi) is 7.40. The third kappa shape index (κ3) is 5.81. The third-order valence-corrected chi connectivity index (χ3v) is 7.49. The van der Waals surface area contributed by atoms with Gasteiger partial charge < -0.3 is 19.5 Å². The monoisotopic (exact) mass is 486 g/mol. The van der Waals surface area contributed by atoms with Crippen LogP contribution < -0.4 is 14.4 Å². The molecule has 1 aromatic heterocycles. The summed E-state index contributed by atoms with van der Waals surface area (Å²) in [4.78, 5) is 18.1. The number of carboxylic acid groups (broad SMARTS) is 1. The fourth-order valence-corrected chi connectivity index (χ4v) is 5.30. The van der Waals surface area contributed by atoms with E-state index in [9.17, 15) is 9.90 Å². The molecule has 0 radical (unpaired) electrons. The molecule has 1 saturated heterocycles. The van der Waals surface area contributed by atoms with Crippen LogP contribution in [0.2, 0.25) is 0 Å². The summed E-state index contributed by atoms with van der Waals surface area (Å²) < 4.78 is 11.7. The highest BCUT2D eigenvalue weighted by Gasteiger charge is 2.34. The Bertz CT molecular complexity index is 1170. The van der Waals surface area contributed by atoms with Gasteiger partial charge in [0.2, 0.25) is 0 Å². The molecule has 2 heterocycles. The van der Waals surface area contributed by atoms with Crippen LogP contribution in [-0.2, 0) is 4.79 Å². The average molecular weight is 487 g/mol. The lowest BCUT2D eigenvalue weighted by molar-refractivity contribution is -0.137. The summed E-state index contributed by atoms with van der Waals surface area (Å²) in [5.41, 5.74) is 4.54. The highest BCUT2D eigenvalue weighted by molar-refractivity contribution is 5.79. The number of aromatic nitrogens is 1. The van der Waals surface area contributed by atoms with Gasteiger partial charge in [0.1, 0.15) is 11.5 Å². The lowest BCUT2D eigenvalue weighted by Crippen LogP contribution is -2.35. The maximum atomic E-state index is 11.4. The van der Waals surface area contributed by atoms with E-state index >= 15 is 0 Å². The van der Waals surface area contributed by atoms with Gasteiger partial charge in [-0.25, -0.2) is 0 Å². The van der Waals surface area contributed by atoms with Crippen LogP contribution in [0.4, 0.5) is 5.69 Å². The van der Waals surface area contributed by atoms with Crippen molar-refractivity contribution in [3.63, 3.8) is 0 Å². The molecule has 1 saturated carbocycles. The third-order valence-electron chi connectivity index (χ3n) is 7.49. The van der Waals surface area contributed by atoms with Crippen molar-refractivity contribution < 1.29 is 19.4 Å². The predicted molar refractivity (Wildman–Crippen MR) is 141 cm³/mol. The van der Waals surface area contributed by atoms with E-state index in [4.69, 9.17) is 9.47 Å². The molecule has 0 unspecified atom stereocenters. The number of carbonyl (C=O) groups is 1. The Morgan fingerprint density at radius 1 is 1.06 bits per heavy atom. The Hall–Kier alpha value is -3.54. The Balaban J connectivity index is 1.21. The van der Waals surface area contributed by atoms with Crippen LogP contribution in [0.1, 0.15) is 43.6 Å². The topological polar surface area (TPSA) is 71.9 Å². The molecule has 1 aliphatic heterocycles. The molecule has 1 atom stereocenters.